The number of imide groups is 2. The molecule has 4 aliphatic heterocycles. The Morgan fingerprint density at radius 3 is 0.680 bits per heavy atom. The molecule has 0 aromatic heterocycles. The molecule has 0 radical (unpaired) electrons. The first-order valence-corrected chi connectivity index (χ1v) is 48.7. The fourth-order valence-corrected chi connectivity index (χ4v) is 19.1. The summed E-state index contributed by atoms with van der Waals surface area (Å²) in [6, 6.07) is 86.6. The van der Waals surface area contributed by atoms with E-state index in [4.69, 9.17) is 56.8 Å². The van der Waals surface area contributed by atoms with Gasteiger partial charge in [0.05, 0.1) is 33.6 Å². The number of carbonyl (C=O) groups excluding carboxylic acids is 10. The highest BCUT2D eigenvalue weighted by Crippen LogP contribution is 2.60. The third kappa shape index (κ3) is 18.2. The average molecular weight is 1990 g/mol. The highest BCUT2D eigenvalue weighted by atomic mass is 16.6. The summed E-state index contributed by atoms with van der Waals surface area (Å²) in [7, 11) is 0. The first-order valence-electron chi connectivity index (χ1n) is 48.7. The molecule has 0 aliphatic carbocycles. The van der Waals surface area contributed by atoms with Crippen molar-refractivity contribution >= 4 is 125 Å². The highest BCUT2D eigenvalue weighted by molar-refractivity contribution is 6.45. The number of para-hydroxylation sites is 4. The molecule has 26 heteroatoms. The number of nitrogens with zero attached hydrogens (tertiary/aromatic N) is 4. The molecule has 17 aromatic carbocycles. The van der Waals surface area contributed by atoms with Crippen LogP contribution in [0.15, 0.2) is 376 Å². The van der Waals surface area contributed by atoms with Crippen LogP contribution in [0.2, 0.25) is 0 Å². The molecule has 6 amide bonds. The van der Waals surface area contributed by atoms with Gasteiger partial charge >= 0.3 is 23.9 Å². The molecule has 4 aliphatic rings. The van der Waals surface area contributed by atoms with Crippen molar-refractivity contribution in [2.45, 2.75) is 91.1 Å². The standard InChI is InChI=1S/C124H92N4O22/c1-11-69(5)121(135)147-89-39-35-75(36-40-89)125-99-61-59-91(149-123(137)71(7)13-3)63-93(99)73(9)113(119(125)133)127-115(129)95-65-101(143-85-51-43-81(44-52-85)139-77-27-19-15-20-28-77)107-109-103(145-87-55-47-83(48-56-87)141-79-31-23-17-24-32-79)67-97-106-98(118(132)128(117(97)131)114-74(10)94-64-92(150-124(138)72(8)14-4)60-62-100(94)126(120(114)134)76-37-41-90(42-38-76)148-122(136)70(6)12-2)68-104(146-88-57-49-84(50-58-88)142-80-33-25-18-26-34-80)110(112(106)109)108-102(66-96(116(127)130)105(95)111(107)108)144-86-53-45-82(46-54-86)140-78-29-21-16-22-30-78/h15-68,73-74,113-114H,5-8,11-14H2,1-4,9-10H3. The number of benzene rings is 17. The normalized spacial score (nSPS) is 14.9. The lowest BCUT2D eigenvalue weighted by Crippen LogP contribution is -2.58. The summed E-state index contributed by atoms with van der Waals surface area (Å²) in [6.45, 7) is 25.9. The van der Waals surface area contributed by atoms with E-state index in [1.807, 2.05) is 72.8 Å². The minimum Gasteiger partial charge on any atom is -0.457 e. The number of esters is 4. The van der Waals surface area contributed by atoms with E-state index < -0.39 is 83.2 Å². The number of fused-ring (bicyclic) bond motifs is 4. The highest BCUT2D eigenvalue weighted by Gasteiger charge is 2.53. The minimum atomic E-state index is -1.78. The van der Waals surface area contributed by atoms with Gasteiger partial charge in [-0.25, -0.2) is 19.2 Å². The Bertz CT molecular complexity index is 7640. The average Bonchev–Trinajstić information content (AvgIpc) is 0.666. The van der Waals surface area contributed by atoms with Crippen molar-refractivity contribution in [3.05, 3.63) is 410 Å². The summed E-state index contributed by atoms with van der Waals surface area (Å²) in [5, 5.41) is 0.312. The van der Waals surface area contributed by atoms with Crippen molar-refractivity contribution < 1.29 is 105 Å². The maximum absolute atomic E-state index is 17.6. The molecule has 0 N–H and O–H groups in total. The van der Waals surface area contributed by atoms with Gasteiger partial charge in [-0.3, -0.25) is 48.4 Å². The molecule has 0 spiro atoms. The number of ether oxygens (including phenoxy) is 12. The molecule has 0 bridgehead atoms. The molecule has 4 unspecified atom stereocenters. The second-order valence-electron chi connectivity index (χ2n) is 36.2. The number of hydrogen-bond acceptors (Lipinski definition) is 22. The van der Waals surface area contributed by atoms with Crippen molar-refractivity contribution in [3.8, 4) is 115 Å². The van der Waals surface area contributed by atoms with E-state index in [1.54, 1.807) is 236 Å². The van der Waals surface area contributed by atoms with Gasteiger partial charge in [-0.05, 0) is 292 Å². The van der Waals surface area contributed by atoms with E-state index in [2.05, 4.69) is 26.3 Å². The Labute approximate surface area is 860 Å². The summed E-state index contributed by atoms with van der Waals surface area (Å²) in [5.41, 5.74) is 1.48. The van der Waals surface area contributed by atoms with Crippen molar-refractivity contribution in [3.63, 3.8) is 0 Å². The lowest BCUT2D eigenvalue weighted by molar-refractivity contribution is -0.131. The second kappa shape index (κ2) is 40.2. The number of anilines is 4. The van der Waals surface area contributed by atoms with Crippen LogP contribution in [0.25, 0.3) is 43.1 Å². The molecule has 150 heavy (non-hydrogen) atoms. The Balaban J connectivity index is 0.844. The Morgan fingerprint density at radius 1 is 0.240 bits per heavy atom. The zero-order valence-corrected chi connectivity index (χ0v) is 81.9. The molecule has 17 aromatic rings. The van der Waals surface area contributed by atoms with E-state index in [1.165, 1.54) is 70.5 Å². The molecule has 4 heterocycles. The number of carbonyl (C=O) groups is 10. The number of amides is 6. The van der Waals surface area contributed by atoms with Crippen LogP contribution in [-0.4, -0.2) is 81.2 Å². The van der Waals surface area contributed by atoms with Crippen LogP contribution in [0.5, 0.6) is 115 Å². The predicted molar refractivity (Wildman–Crippen MR) is 566 cm³/mol. The quantitative estimate of drug-likeness (QED) is 0.00944. The van der Waals surface area contributed by atoms with Gasteiger partial charge in [-0.2, -0.15) is 0 Å². The monoisotopic (exact) mass is 1990 g/mol. The van der Waals surface area contributed by atoms with Crippen LogP contribution in [-0.2, 0) is 28.8 Å². The SMILES string of the molecule is C=C(CC)C(=O)Oc1ccc(N2C(=O)C(N3C(=O)c4cc(Oc5ccc(Oc6ccccc6)cc5)c5c6c(Oc7ccc(Oc8ccccc8)cc7)cc7c8c(cc(Oc9ccc(Oc%10ccccc%10)cc9)c(c9c(Oc%10ccc(Oc%11ccccc%11)cc%10)cc(c4c59)C3=O)c86)C(=O)N(C3C(=O)N(c4ccc(OC(=O)C(=C)CC)cc4)c4ccc(OC(=O)C(=C)CC)cc4C3C)C7=O)C(C)c3cc(OC(=O)C(=C)CC)ccc32)cc1. The zero-order valence-electron chi connectivity index (χ0n) is 81.9. The van der Waals surface area contributed by atoms with Gasteiger partial charge in [0.15, 0.2) is 0 Å². The van der Waals surface area contributed by atoms with Crippen LogP contribution in [0.4, 0.5) is 22.7 Å². The van der Waals surface area contributed by atoms with Gasteiger partial charge in [0.1, 0.15) is 127 Å². The van der Waals surface area contributed by atoms with Crippen molar-refractivity contribution in [2.24, 2.45) is 0 Å². The van der Waals surface area contributed by atoms with E-state index in [0.29, 0.717) is 70.0 Å². The van der Waals surface area contributed by atoms with Crippen LogP contribution in [0, 0.1) is 0 Å². The van der Waals surface area contributed by atoms with Gasteiger partial charge in [-0.15, -0.1) is 0 Å². The summed E-state index contributed by atoms with van der Waals surface area (Å²) in [6.07, 6.45) is 1.11. The smallest absolute Gasteiger partial charge is 0.338 e. The Hall–Kier alpha value is -19.5. The van der Waals surface area contributed by atoms with Gasteiger partial charge in [0, 0.05) is 88.6 Å². The second-order valence-corrected chi connectivity index (χ2v) is 36.2. The fourth-order valence-electron chi connectivity index (χ4n) is 19.1. The first kappa shape index (κ1) is 96.6. The molecule has 0 fully saturated rings. The molecule has 4 atom stereocenters. The lowest BCUT2D eigenvalue weighted by atomic mass is 9.79. The van der Waals surface area contributed by atoms with E-state index >= 15 is 28.8 Å². The minimum absolute atomic E-state index is 0.0291. The summed E-state index contributed by atoms with van der Waals surface area (Å²) in [5.74, 6) is -6.90. The van der Waals surface area contributed by atoms with Gasteiger partial charge in [0.25, 0.3) is 35.4 Å². The summed E-state index contributed by atoms with van der Waals surface area (Å²) < 4.78 is 79.0. The van der Waals surface area contributed by atoms with Crippen molar-refractivity contribution in [2.75, 3.05) is 9.80 Å². The van der Waals surface area contributed by atoms with Crippen LogP contribution >= 0.6 is 0 Å². The third-order valence-corrected chi connectivity index (χ3v) is 26.9. The molecule has 0 saturated heterocycles. The van der Waals surface area contributed by atoms with Crippen LogP contribution in [0.1, 0.15) is 132 Å². The topological polar surface area (TPSA) is 294 Å². The summed E-state index contributed by atoms with van der Waals surface area (Å²) in [4.78, 5) is 162. The Kier molecular flexibility index (Phi) is 25.9. The first-order chi connectivity index (χ1) is 72.8. The third-order valence-electron chi connectivity index (χ3n) is 26.9. The molecule has 0 saturated carbocycles. The molecular weight excluding hydrogens is 1900 g/mol. The molecule has 740 valence electrons. The van der Waals surface area contributed by atoms with Gasteiger partial charge in [0.2, 0.25) is 0 Å². The maximum atomic E-state index is 17.6. The molecule has 26 nitrogen and oxygen atoms in total. The van der Waals surface area contributed by atoms with Gasteiger partial charge in [-0.1, -0.05) is 141 Å². The maximum Gasteiger partial charge on any atom is 0.338 e. The fraction of sp³-hybridized carbons (Fsp3) is 0.113. The van der Waals surface area contributed by atoms with Crippen molar-refractivity contribution in [1.82, 2.24) is 9.80 Å². The van der Waals surface area contributed by atoms with Gasteiger partial charge < -0.3 is 56.8 Å². The zero-order chi connectivity index (χ0) is 104. The van der Waals surface area contributed by atoms with E-state index in [0.717, 1.165) is 9.80 Å². The number of rotatable bonds is 32. The van der Waals surface area contributed by atoms with Crippen LogP contribution in [0.3, 0.4) is 0 Å². The molecule has 21 rings (SSSR count). The van der Waals surface area contributed by atoms with Crippen molar-refractivity contribution in [1.29, 1.82) is 0 Å². The summed E-state index contributed by atoms with van der Waals surface area (Å²) >= 11 is 0. The van der Waals surface area contributed by atoms with Crippen LogP contribution < -0.4 is 66.6 Å². The predicted octanol–water partition coefficient (Wildman–Crippen LogP) is 28.5. The molecular formula is C124H92N4O22. The van der Waals surface area contributed by atoms with E-state index in [-0.39, 0.29) is 192 Å². The van der Waals surface area contributed by atoms with E-state index in [9.17, 15) is 19.2 Å². The number of hydrogen-bond donors (Lipinski definition) is 0. The lowest BCUT2D eigenvalue weighted by Gasteiger charge is -2.43. The largest absolute Gasteiger partial charge is 0.457 e. The Morgan fingerprint density at radius 2 is 0.447 bits per heavy atom.